The van der Waals surface area contributed by atoms with Crippen molar-refractivity contribution in [1.29, 1.82) is 0 Å². The molecule has 0 bridgehead atoms. The lowest BCUT2D eigenvalue weighted by molar-refractivity contribution is -0.140. The van der Waals surface area contributed by atoms with E-state index in [1.165, 1.54) is 0 Å². The van der Waals surface area contributed by atoms with Gasteiger partial charge in [-0.15, -0.1) is 0 Å². The molecule has 3 fully saturated rings. The topological polar surface area (TPSA) is 52.7 Å². The van der Waals surface area contributed by atoms with Gasteiger partial charge in [-0.3, -0.25) is 9.59 Å². The van der Waals surface area contributed by atoms with Crippen LogP contribution in [-0.2, 0) is 9.59 Å². The van der Waals surface area contributed by atoms with E-state index in [-0.39, 0.29) is 5.91 Å². The molecule has 1 atom stereocenters. The minimum atomic E-state index is 0.271. The van der Waals surface area contributed by atoms with Gasteiger partial charge in [0.15, 0.2) is 0 Å². The Morgan fingerprint density at radius 3 is 2.26 bits per heavy atom. The fourth-order valence-electron chi connectivity index (χ4n) is 3.03. The zero-order chi connectivity index (χ0) is 13.2. The lowest BCUT2D eigenvalue weighted by Crippen LogP contribution is -2.51. The second kappa shape index (κ2) is 5.49. The van der Waals surface area contributed by atoms with Crippen LogP contribution in [0.4, 0.5) is 0 Å². The molecular formula is C14H23N3O2. The first-order valence-corrected chi connectivity index (χ1v) is 7.51. The molecule has 0 aromatic rings. The summed E-state index contributed by atoms with van der Waals surface area (Å²) in [5.74, 6) is 1.39. The van der Waals surface area contributed by atoms with E-state index < -0.39 is 0 Å². The monoisotopic (exact) mass is 265 g/mol. The lowest BCUT2D eigenvalue weighted by atomic mass is 10.0. The summed E-state index contributed by atoms with van der Waals surface area (Å²) in [7, 11) is 0. The second-order valence-electron chi connectivity index (χ2n) is 6.04. The van der Waals surface area contributed by atoms with Gasteiger partial charge in [0.25, 0.3) is 0 Å². The zero-order valence-electron chi connectivity index (χ0n) is 11.4. The molecule has 3 aliphatic rings. The maximum atomic E-state index is 12.2. The summed E-state index contributed by atoms with van der Waals surface area (Å²) < 4.78 is 0. The summed E-state index contributed by atoms with van der Waals surface area (Å²) in [5.41, 5.74) is 0. The first kappa shape index (κ1) is 12.9. The summed E-state index contributed by atoms with van der Waals surface area (Å²) in [6.45, 7) is 4.91. The molecule has 1 unspecified atom stereocenters. The Bertz CT molecular complexity index is 354. The minimum Gasteiger partial charge on any atom is -0.339 e. The average molecular weight is 265 g/mol. The molecule has 2 heterocycles. The van der Waals surface area contributed by atoms with Crippen molar-refractivity contribution in [2.24, 2.45) is 11.8 Å². The van der Waals surface area contributed by atoms with Gasteiger partial charge in [-0.05, 0) is 38.3 Å². The molecule has 19 heavy (non-hydrogen) atoms. The van der Waals surface area contributed by atoms with Gasteiger partial charge in [-0.2, -0.15) is 0 Å². The van der Waals surface area contributed by atoms with Gasteiger partial charge in [0.2, 0.25) is 11.8 Å². The van der Waals surface area contributed by atoms with Gasteiger partial charge in [0.1, 0.15) is 0 Å². The number of hydrogen-bond donors (Lipinski definition) is 1. The fourth-order valence-corrected chi connectivity index (χ4v) is 3.03. The predicted octanol–water partition coefficient (Wildman–Crippen LogP) is 0.0668. The van der Waals surface area contributed by atoms with Crippen LogP contribution < -0.4 is 5.32 Å². The van der Waals surface area contributed by atoms with Gasteiger partial charge in [0, 0.05) is 38.5 Å². The smallest absolute Gasteiger partial charge is 0.225 e. The standard InChI is InChI=1S/C14H23N3O2/c18-13(9-11-3-4-15-10-11)16-5-7-17(8-6-16)14(19)12-1-2-12/h11-12,15H,1-10H2. The van der Waals surface area contributed by atoms with Gasteiger partial charge in [0.05, 0.1) is 0 Å². The van der Waals surface area contributed by atoms with Crippen LogP contribution in [0.5, 0.6) is 0 Å². The highest BCUT2D eigenvalue weighted by Gasteiger charge is 2.35. The molecule has 0 radical (unpaired) electrons. The molecule has 2 amide bonds. The second-order valence-corrected chi connectivity index (χ2v) is 6.04. The Morgan fingerprint density at radius 1 is 1.00 bits per heavy atom. The third-order valence-corrected chi connectivity index (χ3v) is 4.50. The van der Waals surface area contributed by atoms with Crippen molar-refractivity contribution >= 4 is 11.8 Å². The van der Waals surface area contributed by atoms with Crippen molar-refractivity contribution in [2.75, 3.05) is 39.3 Å². The highest BCUT2D eigenvalue weighted by molar-refractivity contribution is 5.81. The normalized spacial score (nSPS) is 27.7. The van der Waals surface area contributed by atoms with Crippen molar-refractivity contribution in [3.05, 3.63) is 0 Å². The van der Waals surface area contributed by atoms with Crippen LogP contribution in [0.1, 0.15) is 25.7 Å². The third kappa shape index (κ3) is 3.08. The number of carbonyl (C=O) groups is 2. The van der Waals surface area contributed by atoms with Crippen LogP contribution in [0.15, 0.2) is 0 Å². The summed E-state index contributed by atoms with van der Waals surface area (Å²) in [5, 5.41) is 3.30. The molecule has 1 N–H and O–H groups in total. The van der Waals surface area contributed by atoms with Gasteiger partial charge in [-0.1, -0.05) is 0 Å². The van der Waals surface area contributed by atoms with Crippen molar-refractivity contribution < 1.29 is 9.59 Å². The van der Waals surface area contributed by atoms with E-state index >= 15 is 0 Å². The van der Waals surface area contributed by atoms with Crippen LogP contribution in [-0.4, -0.2) is 60.9 Å². The largest absolute Gasteiger partial charge is 0.339 e. The Morgan fingerprint density at radius 2 is 1.68 bits per heavy atom. The number of nitrogens with one attached hydrogen (secondary N) is 1. The number of rotatable bonds is 3. The van der Waals surface area contributed by atoms with Gasteiger partial charge in [-0.25, -0.2) is 0 Å². The van der Waals surface area contributed by atoms with Crippen LogP contribution in [0.2, 0.25) is 0 Å². The van der Waals surface area contributed by atoms with Crippen LogP contribution >= 0.6 is 0 Å². The summed E-state index contributed by atoms with van der Waals surface area (Å²) in [4.78, 5) is 28.0. The molecule has 106 valence electrons. The molecule has 5 heteroatoms. The molecular weight excluding hydrogens is 242 g/mol. The third-order valence-electron chi connectivity index (χ3n) is 4.50. The molecule has 2 aliphatic heterocycles. The molecule has 0 spiro atoms. The highest BCUT2D eigenvalue weighted by atomic mass is 16.2. The Labute approximate surface area is 114 Å². The van der Waals surface area contributed by atoms with Crippen molar-refractivity contribution in [1.82, 2.24) is 15.1 Å². The number of hydrogen-bond acceptors (Lipinski definition) is 3. The lowest BCUT2D eigenvalue weighted by Gasteiger charge is -2.35. The fraction of sp³-hybridized carbons (Fsp3) is 0.857. The van der Waals surface area contributed by atoms with Crippen molar-refractivity contribution in [2.45, 2.75) is 25.7 Å². The Balaban J connectivity index is 1.43. The molecule has 0 aromatic heterocycles. The van der Waals surface area contributed by atoms with E-state index in [2.05, 4.69) is 5.32 Å². The average Bonchev–Trinajstić information content (AvgIpc) is 3.17. The van der Waals surface area contributed by atoms with Crippen LogP contribution in [0.3, 0.4) is 0 Å². The molecule has 0 aromatic carbocycles. The number of amides is 2. The maximum Gasteiger partial charge on any atom is 0.225 e. The Kier molecular flexibility index (Phi) is 3.73. The molecule has 3 rings (SSSR count). The molecule has 1 aliphatic carbocycles. The van der Waals surface area contributed by atoms with Crippen molar-refractivity contribution in [3.63, 3.8) is 0 Å². The van der Waals surface area contributed by atoms with E-state index in [0.29, 0.717) is 24.2 Å². The van der Waals surface area contributed by atoms with Crippen molar-refractivity contribution in [3.8, 4) is 0 Å². The van der Waals surface area contributed by atoms with E-state index in [4.69, 9.17) is 0 Å². The Hall–Kier alpha value is -1.10. The summed E-state index contributed by atoms with van der Waals surface area (Å²) in [6.07, 6.45) is 3.91. The van der Waals surface area contributed by atoms with E-state index in [0.717, 1.165) is 58.5 Å². The van der Waals surface area contributed by atoms with Gasteiger partial charge >= 0.3 is 0 Å². The highest BCUT2D eigenvalue weighted by Crippen LogP contribution is 2.31. The number of piperazine rings is 1. The molecule has 2 saturated heterocycles. The zero-order valence-corrected chi connectivity index (χ0v) is 11.4. The minimum absolute atomic E-state index is 0.271. The summed E-state index contributed by atoms with van der Waals surface area (Å²) >= 11 is 0. The van der Waals surface area contributed by atoms with E-state index in [1.807, 2.05) is 9.80 Å². The first-order valence-electron chi connectivity index (χ1n) is 7.51. The predicted molar refractivity (Wildman–Crippen MR) is 71.5 cm³/mol. The summed E-state index contributed by atoms with van der Waals surface area (Å²) in [6, 6.07) is 0. The van der Waals surface area contributed by atoms with E-state index in [9.17, 15) is 9.59 Å². The SMILES string of the molecule is O=C(CC1CCNC1)N1CCN(C(=O)C2CC2)CC1. The maximum absolute atomic E-state index is 12.2. The molecule has 1 saturated carbocycles. The van der Waals surface area contributed by atoms with E-state index in [1.54, 1.807) is 0 Å². The van der Waals surface area contributed by atoms with Gasteiger partial charge < -0.3 is 15.1 Å². The number of nitrogens with zero attached hydrogens (tertiary/aromatic N) is 2. The first-order chi connectivity index (χ1) is 9.24. The van der Waals surface area contributed by atoms with Crippen LogP contribution in [0.25, 0.3) is 0 Å². The number of carbonyl (C=O) groups excluding carboxylic acids is 2. The quantitative estimate of drug-likeness (QED) is 0.785. The van der Waals surface area contributed by atoms with Crippen LogP contribution in [0, 0.1) is 11.8 Å². The molecule has 5 nitrogen and oxygen atoms in total.